The topological polar surface area (TPSA) is 131 Å². The summed E-state index contributed by atoms with van der Waals surface area (Å²) in [6, 6.07) is 7.32. The second kappa shape index (κ2) is 12.6. The Hall–Kier alpha value is -3.23. The van der Waals surface area contributed by atoms with E-state index in [0.717, 1.165) is 11.0 Å². The van der Waals surface area contributed by atoms with Gasteiger partial charge >= 0.3 is 12.5 Å². The first-order valence-corrected chi connectivity index (χ1v) is 14.9. The van der Waals surface area contributed by atoms with E-state index in [1.807, 2.05) is 4.90 Å². The van der Waals surface area contributed by atoms with Crippen LogP contribution in [0.15, 0.2) is 41.3 Å². The lowest BCUT2D eigenvalue weighted by Crippen LogP contribution is -2.40. The van der Waals surface area contributed by atoms with Crippen molar-refractivity contribution in [3.8, 4) is 5.75 Å². The van der Waals surface area contributed by atoms with Crippen LogP contribution in [0, 0.1) is 0 Å². The number of carbonyl (C=O) groups is 2. The van der Waals surface area contributed by atoms with Crippen LogP contribution in [0.5, 0.6) is 5.75 Å². The molecule has 0 bridgehead atoms. The first kappa shape index (κ1) is 33.3. The van der Waals surface area contributed by atoms with Crippen molar-refractivity contribution < 1.29 is 40.7 Å². The van der Waals surface area contributed by atoms with Crippen molar-refractivity contribution in [1.29, 1.82) is 0 Å². The molecular formula is C27H34ClF3N4O6S. The summed E-state index contributed by atoms with van der Waals surface area (Å²) in [4.78, 5) is 28.2. The van der Waals surface area contributed by atoms with Crippen LogP contribution in [0.3, 0.4) is 0 Å². The van der Waals surface area contributed by atoms with E-state index >= 15 is 0 Å². The molecule has 0 saturated carbocycles. The average molecular weight is 635 g/mol. The largest absolute Gasteiger partial charge is 0.573 e. The van der Waals surface area contributed by atoms with Crippen LogP contribution in [0.2, 0.25) is 0 Å². The van der Waals surface area contributed by atoms with Gasteiger partial charge in [0.25, 0.3) is 5.91 Å². The summed E-state index contributed by atoms with van der Waals surface area (Å²) in [6.45, 7) is 7.30. The van der Waals surface area contributed by atoms with Crippen LogP contribution >= 0.6 is 11.6 Å². The summed E-state index contributed by atoms with van der Waals surface area (Å²) in [7, 11) is -2.54. The monoisotopic (exact) mass is 634 g/mol. The fourth-order valence-corrected chi connectivity index (χ4v) is 5.57. The van der Waals surface area contributed by atoms with Gasteiger partial charge in [-0.2, -0.15) is 0 Å². The highest BCUT2D eigenvalue weighted by Gasteiger charge is 2.34. The highest BCUT2D eigenvalue weighted by atomic mass is 35.5. The molecule has 15 heteroatoms. The van der Waals surface area contributed by atoms with Crippen LogP contribution in [0.1, 0.15) is 50.0 Å². The third kappa shape index (κ3) is 8.65. The van der Waals surface area contributed by atoms with Crippen molar-refractivity contribution in [2.75, 3.05) is 30.8 Å². The van der Waals surface area contributed by atoms with Gasteiger partial charge in [-0.05, 0) is 64.4 Å². The zero-order valence-corrected chi connectivity index (χ0v) is 25.4. The molecule has 3 N–H and O–H groups in total. The minimum Gasteiger partial charge on any atom is -0.444 e. The van der Waals surface area contributed by atoms with Crippen LogP contribution in [-0.4, -0.2) is 68.2 Å². The standard InChI is InChI=1S/C27H34ClF3N4O6S/c1-16(28)42(38,39)20-8-6-7-19(12-20)34(5)24(36)21-13-23(40-27(29,30)31)17(11-22(21)32)14-35-10-9-18(15-35)33-25(37)41-26(2,3)4/h6-8,11-13,16,18H,9-10,14-15,32H2,1-5H3,(H,33,37)/t16?,18-/m1/s1. The summed E-state index contributed by atoms with van der Waals surface area (Å²) in [5, 5.41) is 2.75. The Morgan fingerprint density at radius 2 is 1.88 bits per heavy atom. The van der Waals surface area contributed by atoms with Gasteiger partial charge in [0.15, 0.2) is 9.84 Å². The Labute approximate surface area is 247 Å². The van der Waals surface area contributed by atoms with E-state index in [9.17, 15) is 31.2 Å². The molecule has 0 aromatic heterocycles. The van der Waals surface area contributed by atoms with Gasteiger partial charge in [0.05, 0.1) is 10.5 Å². The maximum atomic E-state index is 13.4. The Morgan fingerprint density at radius 3 is 2.48 bits per heavy atom. The van der Waals surface area contributed by atoms with Crippen molar-refractivity contribution in [2.45, 2.75) is 68.3 Å². The normalized spacial score (nSPS) is 17.0. The smallest absolute Gasteiger partial charge is 0.444 e. The quantitative estimate of drug-likeness (QED) is 0.310. The number of halogens is 4. The molecule has 0 radical (unpaired) electrons. The number of nitrogen functional groups attached to an aromatic ring is 1. The van der Waals surface area contributed by atoms with Crippen molar-refractivity contribution in [3.05, 3.63) is 47.5 Å². The number of nitrogens with one attached hydrogen (secondary N) is 1. The predicted molar refractivity (Wildman–Crippen MR) is 152 cm³/mol. The Kier molecular flexibility index (Phi) is 9.95. The van der Waals surface area contributed by atoms with Gasteiger partial charge in [-0.25, -0.2) is 13.2 Å². The van der Waals surface area contributed by atoms with Gasteiger partial charge in [-0.15, -0.1) is 24.8 Å². The van der Waals surface area contributed by atoms with Gasteiger partial charge in [0.1, 0.15) is 16.1 Å². The number of ether oxygens (including phenoxy) is 2. The number of rotatable bonds is 8. The van der Waals surface area contributed by atoms with E-state index in [0.29, 0.717) is 19.5 Å². The second-order valence-electron chi connectivity index (χ2n) is 10.9. The first-order valence-electron chi connectivity index (χ1n) is 12.9. The molecule has 42 heavy (non-hydrogen) atoms. The molecule has 1 unspecified atom stereocenters. The molecule has 1 aliphatic rings. The molecule has 3 rings (SSSR count). The Morgan fingerprint density at radius 1 is 1.21 bits per heavy atom. The molecular weight excluding hydrogens is 601 g/mol. The highest BCUT2D eigenvalue weighted by molar-refractivity contribution is 7.93. The minimum atomic E-state index is -5.05. The molecule has 0 spiro atoms. The summed E-state index contributed by atoms with van der Waals surface area (Å²) in [6.07, 6.45) is -5.10. The molecule has 1 fully saturated rings. The number of carbonyl (C=O) groups excluding carboxylic acids is 2. The maximum Gasteiger partial charge on any atom is 0.573 e. The van der Waals surface area contributed by atoms with Gasteiger partial charge in [-0.3, -0.25) is 9.69 Å². The van der Waals surface area contributed by atoms with Crippen molar-refractivity contribution in [3.63, 3.8) is 0 Å². The summed E-state index contributed by atoms with van der Waals surface area (Å²) >= 11 is 5.80. The molecule has 10 nitrogen and oxygen atoms in total. The van der Waals surface area contributed by atoms with Gasteiger partial charge < -0.3 is 25.4 Å². The summed E-state index contributed by atoms with van der Waals surface area (Å²) < 4.78 is 73.4. The molecule has 2 atom stereocenters. The number of hydrogen-bond acceptors (Lipinski definition) is 8. The van der Waals surface area contributed by atoms with Crippen LogP contribution < -0.4 is 20.7 Å². The number of amides is 2. The van der Waals surface area contributed by atoms with E-state index < -0.39 is 44.3 Å². The van der Waals surface area contributed by atoms with E-state index in [1.54, 1.807) is 20.8 Å². The van der Waals surface area contributed by atoms with Crippen LogP contribution in [0.4, 0.5) is 29.3 Å². The van der Waals surface area contributed by atoms with Crippen molar-refractivity contribution in [2.24, 2.45) is 0 Å². The lowest BCUT2D eigenvalue weighted by atomic mass is 10.1. The number of likely N-dealkylation sites (tertiary alicyclic amines) is 1. The third-order valence-electron chi connectivity index (χ3n) is 6.34. The van der Waals surface area contributed by atoms with Crippen molar-refractivity contribution in [1.82, 2.24) is 10.2 Å². The summed E-state index contributed by atoms with van der Waals surface area (Å²) in [5.74, 6) is -1.40. The second-order valence-corrected chi connectivity index (χ2v) is 14.1. The number of nitrogens with two attached hydrogens (primary N) is 1. The van der Waals surface area contributed by atoms with E-state index in [4.69, 9.17) is 22.1 Å². The highest BCUT2D eigenvalue weighted by Crippen LogP contribution is 2.34. The Bertz CT molecular complexity index is 1430. The number of alkyl carbamates (subject to hydrolysis) is 1. The summed E-state index contributed by atoms with van der Waals surface area (Å²) in [5.41, 5.74) is 5.34. The minimum absolute atomic E-state index is 0.00291. The third-order valence-corrected chi connectivity index (χ3v) is 8.81. The zero-order valence-electron chi connectivity index (χ0n) is 23.8. The Balaban J connectivity index is 1.85. The molecule has 2 amide bonds. The van der Waals surface area contributed by atoms with Gasteiger partial charge in [0.2, 0.25) is 0 Å². The first-order chi connectivity index (χ1) is 19.3. The lowest BCUT2D eigenvalue weighted by Gasteiger charge is -2.23. The van der Waals surface area contributed by atoms with E-state index in [1.165, 1.54) is 44.3 Å². The zero-order chi connectivity index (χ0) is 31.6. The molecule has 0 aliphatic carbocycles. The van der Waals surface area contributed by atoms with E-state index in [2.05, 4.69) is 10.1 Å². The number of anilines is 2. The van der Waals surface area contributed by atoms with Gasteiger partial charge in [-0.1, -0.05) is 6.07 Å². The fourth-order valence-electron chi connectivity index (χ4n) is 4.34. The molecule has 1 saturated heterocycles. The molecule has 1 aliphatic heterocycles. The number of nitrogens with zero attached hydrogens (tertiary/aromatic N) is 2. The molecule has 1 heterocycles. The fraction of sp³-hybridized carbons (Fsp3) is 0.481. The molecule has 2 aromatic rings. The predicted octanol–water partition coefficient (Wildman–Crippen LogP) is 4.90. The average Bonchev–Trinajstić information content (AvgIpc) is 3.29. The van der Waals surface area contributed by atoms with Gasteiger partial charge in [0, 0.05) is 49.7 Å². The number of benzene rings is 2. The lowest BCUT2D eigenvalue weighted by molar-refractivity contribution is -0.275. The molecule has 232 valence electrons. The maximum absolute atomic E-state index is 13.4. The van der Waals surface area contributed by atoms with Crippen molar-refractivity contribution >= 4 is 44.8 Å². The number of alkyl halides is 4. The van der Waals surface area contributed by atoms with E-state index in [-0.39, 0.29) is 40.0 Å². The SMILES string of the molecule is CC(Cl)S(=O)(=O)c1cccc(N(C)C(=O)c2cc(OC(F)(F)F)c(CN3CC[C@@H](NC(=O)OC(C)(C)C)C3)cc2N)c1. The number of sulfone groups is 1. The number of hydrogen-bond donors (Lipinski definition) is 2. The van der Waals surface area contributed by atoms with Crippen LogP contribution in [-0.2, 0) is 21.1 Å². The molecule has 2 aromatic carbocycles. The van der Waals surface area contributed by atoms with Crippen LogP contribution in [0.25, 0.3) is 0 Å².